The molecule has 0 radical (unpaired) electrons. The second-order valence-corrected chi connectivity index (χ2v) is 20.0. The summed E-state index contributed by atoms with van der Waals surface area (Å²) in [6.07, 6.45) is 84.7. The molecule has 0 aromatic heterocycles. The van der Waals surface area contributed by atoms with E-state index in [1.54, 1.807) is 0 Å². The van der Waals surface area contributed by atoms with Gasteiger partial charge in [0.2, 0.25) is 0 Å². The maximum absolute atomic E-state index is 12.9. The normalized spacial score (nSPS) is 13.0. The molecule has 0 aromatic carbocycles. The second-order valence-electron chi connectivity index (χ2n) is 20.0. The van der Waals surface area contributed by atoms with Crippen LogP contribution in [0.5, 0.6) is 0 Å². The highest BCUT2D eigenvalue weighted by atomic mass is 16.6. The van der Waals surface area contributed by atoms with Crippen molar-refractivity contribution in [3.8, 4) is 0 Å². The number of rotatable bonds is 54. The lowest BCUT2D eigenvalue weighted by molar-refractivity contribution is -0.167. The third-order valence-corrected chi connectivity index (χ3v) is 12.8. The third kappa shape index (κ3) is 58.7. The molecule has 74 heavy (non-hydrogen) atoms. The van der Waals surface area contributed by atoms with E-state index in [4.69, 9.17) is 14.2 Å². The first-order valence-corrected chi connectivity index (χ1v) is 30.6. The molecule has 0 heterocycles. The molecular weight excluding hydrogens is 913 g/mol. The van der Waals surface area contributed by atoms with Crippen LogP contribution < -0.4 is 0 Å². The molecule has 0 fully saturated rings. The monoisotopic (exact) mass is 1020 g/mol. The summed E-state index contributed by atoms with van der Waals surface area (Å²) in [5.41, 5.74) is 0. The molecule has 0 saturated carbocycles. The minimum atomic E-state index is -0.806. The fourth-order valence-electron chi connectivity index (χ4n) is 8.26. The summed E-state index contributed by atoms with van der Waals surface area (Å²) in [5, 5.41) is 0. The van der Waals surface area contributed by atoms with Gasteiger partial charge in [0.25, 0.3) is 0 Å². The predicted molar refractivity (Wildman–Crippen MR) is 320 cm³/mol. The van der Waals surface area contributed by atoms with Gasteiger partial charge < -0.3 is 14.2 Å². The van der Waals surface area contributed by atoms with E-state index in [9.17, 15) is 14.4 Å². The van der Waals surface area contributed by atoms with Gasteiger partial charge in [0.1, 0.15) is 13.2 Å². The molecule has 6 heteroatoms. The Morgan fingerprint density at radius 1 is 0.297 bits per heavy atom. The fraction of sp³-hybridized carbons (Fsp3) is 0.662. The van der Waals surface area contributed by atoms with Crippen molar-refractivity contribution < 1.29 is 28.6 Å². The molecule has 420 valence electrons. The van der Waals surface area contributed by atoms with Crippen LogP contribution in [0, 0.1) is 0 Å². The molecule has 0 spiro atoms. The topological polar surface area (TPSA) is 78.9 Å². The molecule has 0 aliphatic carbocycles. The van der Waals surface area contributed by atoms with Gasteiger partial charge in [-0.15, -0.1) is 0 Å². The zero-order chi connectivity index (χ0) is 53.6. The van der Waals surface area contributed by atoms with E-state index in [0.717, 1.165) is 122 Å². The van der Waals surface area contributed by atoms with Crippen molar-refractivity contribution in [1.82, 2.24) is 0 Å². The quantitative estimate of drug-likeness (QED) is 0.0199. The summed E-state index contributed by atoms with van der Waals surface area (Å²) >= 11 is 0. The van der Waals surface area contributed by atoms with E-state index in [2.05, 4.69) is 118 Å². The van der Waals surface area contributed by atoms with Gasteiger partial charge >= 0.3 is 17.9 Å². The molecule has 0 aliphatic heterocycles. The highest BCUT2D eigenvalue weighted by Gasteiger charge is 2.19. The standard InChI is InChI=1S/C68H112O6/c1-4-7-10-13-16-19-22-25-28-31-34-37-40-43-46-49-52-55-58-61-67(70)73-64-65(63-72-66(69)60-57-54-51-48-45-42-39-36-33-30-27-24-21-18-15-12-9-6-3)74-68(71)62-59-56-53-50-47-44-41-38-35-32-29-26-23-20-17-14-11-8-5-2/h7,10,12,15-16,18-19,21,24-25,27-28,30,33-34,36-37,39,43,46,65H,4-6,8-9,11,13-14,17,20,22-23,26,29,31-32,35,38,40-42,44-45,47-64H2,1-3H3/b10-7-,15-12-,19-16-,21-18-,27-24-,28-25-,33-30-,37-34-,39-36-,46-43-. The van der Waals surface area contributed by atoms with E-state index < -0.39 is 6.10 Å². The first-order chi connectivity index (χ1) is 36.5. The van der Waals surface area contributed by atoms with Gasteiger partial charge in [-0.25, -0.2) is 0 Å². The third-order valence-electron chi connectivity index (χ3n) is 12.8. The van der Waals surface area contributed by atoms with Gasteiger partial charge in [-0.1, -0.05) is 290 Å². The fourth-order valence-corrected chi connectivity index (χ4v) is 8.26. The van der Waals surface area contributed by atoms with Crippen molar-refractivity contribution in [2.24, 2.45) is 0 Å². The predicted octanol–water partition coefficient (Wildman–Crippen LogP) is 20.8. The average Bonchev–Trinajstić information content (AvgIpc) is 3.40. The first kappa shape index (κ1) is 69.8. The van der Waals surface area contributed by atoms with Crippen LogP contribution in [-0.4, -0.2) is 37.2 Å². The van der Waals surface area contributed by atoms with Crippen LogP contribution in [0.3, 0.4) is 0 Å². The van der Waals surface area contributed by atoms with Gasteiger partial charge in [-0.3, -0.25) is 14.4 Å². The van der Waals surface area contributed by atoms with Gasteiger partial charge in [0, 0.05) is 19.3 Å². The summed E-state index contributed by atoms with van der Waals surface area (Å²) < 4.78 is 16.9. The number of hydrogen-bond acceptors (Lipinski definition) is 6. The maximum atomic E-state index is 12.9. The minimum Gasteiger partial charge on any atom is -0.462 e. The average molecular weight is 1030 g/mol. The van der Waals surface area contributed by atoms with Crippen molar-refractivity contribution in [2.75, 3.05) is 13.2 Å². The lowest BCUT2D eigenvalue weighted by Gasteiger charge is -2.18. The number of allylic oxidation sites excluding steroid dienone is 20. The SMILES string of the molecule is CC/C=C\C/C=C\C/C=C\C/C=C\C/C=C\CCCCCC(=O)OCC(COC(=O)CCCCCCC\C=C/C=C\C=C/C=C\C=C/CCC)OC(=O)CCCCCCCCCCCCCCCCCCCCC. The lowest BCUT2D eigenvalue weighted by atomic mass is 10.0. The van der Waals surface area contributed by atoms with Crippen LogP contribution in [0.15, 0.2) is 122 Å². The molecule has 6 nitrogen and oxygen atoms in total. The van der Waals surface area contributed by atoms with E-state index in [1.165, 1.54) is 109 Å². The number of unbranched alkanes of at least 4 members (excludes halogenated alkanes) is 27. The first-order valence-electron chi connectivity index (χ1n) is 30.6. The van der Waals surface area contributed by atoms with Crippen LogP contribution in [0.4, 0.5) is 0 Å². The summed E-state index contributed by atoms with van der Waals surface area (Å²) in [6.45, 7) is 6.41. The van der Waals surface area contributed by atoms with Crippen LogP contribution in [0.1, 0.15) is 271 Å². The Hall–Kier alpha value is -4.19. The maximum Gasteiger partial charge on any atom is 0.306 e. The Morgan fingerprint density at radius 2 is 0.608 bits per heavy atom. The molecule has 0 aliphatic rings. The summed E-state index contributed by atoms with van der Waals surface area (Å²) in [6, 6.07) is 0. The van der Waals surface area contributed by atoms with E-state index >= 15 is 0 Å². The Bertz CT molecular complexity index is 1550. The number of esters is 3. The van der Waals surface area contributed by atoms with Crippen molar-refractivity contribution in [3.05, 3.63) is 122 Å². The molecule has 0 N–H and O–H groups in total. The van der Waals surface area contributed by atoms with Gasteiger partial charge in [-0.05, 0) is 83.5 Å². The zero-order valence-corrected chi connectivity index (χ0v) is 48.1. The molecule has 0 aromatic rings. The van der Waals surface area contributed by atoms with Crippen LogP contribution in [0.2, 0.25) is 0 Å². The van der Waals surface area contributed by atoms with E-state index in [1.807, 2.05) is 24.3 Å². The number of hydrogen-bond donors (Lipinski definition) is 0. The second kappa shape index (κ2) is 61.4. The molecule has 0 saturated heterocycles. The van der Waals surface area contributed by atoms with Crippen LogP contribution in [0.25, 0.3) is 0 Å². The summed E-state index contributed by atoms with van der Waals surface area (Å²) in [5.74, 6) is -0.953. The van der Waals surface area contributed by atoms with Crippen molar-refractivity contribution in [1.29, 1.82) is 0 Å². The Labute approximate surface area is 456 Å². The van der Waals surface area contributed by atoms with Crippen molar-refractivity contribution >= 4 is 17.9 Å². The zero-order valence-electron chi connectivity index (χ0n) is 48.1. The molecule has 0 bridgehead atoms. The Kier molecular flexibility index (Phi) is 57.9. The van der Waals surface area contributed by atoms with Crippen LogP contribution >= 0.6 is 0 Å². The number of carbonyl (C=O) groups is 3. The van der Waals surface area contributed by atoms with Gasteiger partial charge in [0.05, 0.1) is 0 Å². The molecule has 0 amide bonds. The largest absolute Gasteiger partial charge is 0.462 e. The molecule has 1 atom stereocenters. The highest BCUT2D eigenvalue weighted by molar-refractivity contribution is 5.71. The summed E-state index contributed by atoms with van der Waals surface area (Å²) in [4.78, 5) is 38.3. The number of ether oxygens (including phenoxy) is 3. The molecular formula is C68H112O6. The molecule has 0 rings (SSSR count). The van der Waals surface area contributed by atoms with Crippen LogP contribution in [-0.2, 0) is 28.6 Å². The Morgan fingerprint density at radius 3 is 1.01 bits per heavy atom. The van der Waals surface area contributed by atoms with Gasteiger partial charge in [-0.2, -0.15) is 0 Å². The minimum absolute atomic E-state index is 0.103. The van der Waals surface area contributed by atoms with Gasteiger partial charge in [0.15, 0.2) is 6.10 Å². The highest BCUT2D eigenvalue weighted by Crippen LogP contribution is 2.16. The lowest BCUT2D eigenvalue weighted by Crippen LogP contribution is -2.30. The Balaban J connectivity index is 4.50. The molecule has 1 unspecified atom stereocenters. The number of carbonyl (C=O) groups excluding carboxylic acids is 3. The van der Waals surface area contributed by atoms with Crippen molar-refractivity contribution in [3.63, 3.8) is 0 Å². The smallest absolute Gasteiger partial charge is 0.306 e. The van der Waals surface area contributed by atoms with E-state index in [0.29, 0.717) is 19.3 Å². The van der Waals surface area contributed by atoms with Crippen molar-refractivity contribution in [2.45, 2.75) is 277 Å². The van der Waals surface area contributed by atoms with E-state index in [-0.39, 0.29) is 31.1 Å². The summed E-state index contributed by atoms with van der Waals surface area (Å²) in [7, 11) is 0.